The summed E-state index contributed by atoms with van der Waals surface area (Å²) in [5.74, 6) is -0.793. The predicted molar refractivity (Wildman–Crippen MR) is 38.0 cm³/mol. The van der Waals surface area contributed by atoms with Crippen molar-refractivity contribution in [1.82, 2.24) is 0 Å². The van der Waals surface area contributed by atoms with Crippen LogP contribution in [0.2, 0.25) is 0 Å². The van der Waals surface area contributed by atoms with Gasteiger partial charge >= 0.3 is 5.97 Å². The summed E-state index contributed by atoms with van der Waals surface area (Å²) in [6.45, 7) is 1.64. The van der Waals surface area contributed by atoms with Gasteiger partial charge in [-0.3, -0.25) is 0 Å². The molecule has 1 unspecified atom stereocenters. The van der Waals surface area contributed by atoms with E-state index in [1.54, 1.807) is 6.92 Å². The lowest BCUT2D eigenvalue weighted by molar-refractivity contribution is -0.131. The zero-order valence-electron chi connectivity index (χ0n) is 5.80. The number of halogens is 1. The molecule has 0 aliphatic rings. The summed E-state index contributed by atoms with van der Waals surface area (Å²) in [7, 11) is 1.38. The average molecular weight is 165 g/mol. The lowest BCUT2D eigenvalue weighted by Gasteiger charge is -2.05. The lowest BCUT2D eigenvalue weighted by Crippen LogP contribution is -2.03. The van der Waals surface area contributed by atoms with E-state index < -0.39 is 11.3 Å². The highest BCUT2D eigenvalue weighted by atomic mass is 35.5. The Balaban J connectivity index is 4.18. The van der Waals surface area contributed by atoms with Crippen LogP contribution >= 0.6 is 11.6 Å². The van der Waals surface area contributed by atoms with Crippen molar-refractivity contribution in [3.8, 4) is 0 Å². The number of rotatable bonds is 3. The number of ether oxygens (including phenoxy) is 1. The van der Waals surface area contributed by atoms with Crippen molar-refractivity contribution in [2.75, 3.05) is 7.11 Å². The van der Waals surface area contributed by atoms with E-state index in [9.17, 15) is 4.79 Å². The van der Waals surface area contributed by atoms with Crippen LogP contribution in [0, 0.1) is 0 Å². The Kier molecular flexibility index (Phi) is 3.88. The Morgan fingerprint density at radius 2 is 2.30 bits per heavy atom. The van der Waals surface area contributed by atoms with E-state index in [1.165, 1.54) is 7.11 Å². The summed E-state index contributed by atoms with van der Waals surface area (Å²) >= 11 is 5.53. The van der Waals surface area contributed by atoms with Gasteiger partial charge < -0.3 is 9.84 Å². The first-order valence-electron chi connectivity index (χ1n) is 2.70. The van der Waals surface area contributed by atoms with Crippen molar-refractivity contribution in [2.45, 2.75) is 12.3 Å². The normalized spacial score (nSPS) is 14.5. The lowest BCUT2D eigenvalue weighted by atomic mass is 10.3. The van der Waals surface area contributed by atoms with Crippen LogP contribution in [0.4, 0.5) is 0 Å². The number of hydrogen-bond acceptors (Lipinski definition) is 2. The molecule has 0 aliphatic heterocycles. The van der Waals surface area contributed by atoms with Crippen LogP contribution in [0.1, 0.15) is 6.92 Å². The number of carbonyl (C=O) groups is 1. The highest BCUT2D eigenvalue weighted by molar-refractivity contribution is 6.22. The molecule has 0 aromatic heterocycles. The summed E-state index contributed by atoms with van der Waals surface area (Å²) in [6.07, 6.45) is 0.942. The van der Waals surface area contributed by atoms with Gasteiger partial charge in [-0.2, -0.15) is 0 Å². The molecule has 0 saturated heterocycles. The second kappa shape index (κ2) is 4.17. The Morgan fingerprint density at radius 3 is 2.40 bits per heavy atom. The molecule has 58 valence electrons. The van der Waals surface area contributed by atoms with Crippen molar-refractivity contribution < 1.29 is 14.6 Å². The second-order valence-corrected chi connectivity index (χ2v) is 2.36. The number of aliphatic carboxylic acids is 1. The first-order valence-corrected chi connectivity index (χ1v) is 3.14. The SMILES string of the molecule is CO/C(=C\C(=O)O)C(C)Cl. The molecule has 0 aromatic rings. The number of allylic oxidation sites excluding steroid dienone is 1. The third-order valence-electron chi connectivity index (χ3n) is 0.893. The molecule has 0 amide bonds. The van der Waals surface area contributed by atoms with Gasteiger partial charge in [-0.25, -0.2) is 4.79 Å². The first-order chi connectivity index (χ1) is 4.57. The minimum absolute atomic E-state index is 0.258. The fourth-order valence-electron chi connectivity index (χ4n) is 0.458. The molecule has 0 saturated carbocycles. The van der Waals surface area contributed by atoms with Crippen LogP contribution in [0.15, 0.2) is 11.8 Å². The Morgan fingerprint density at radius 1 is 1.80 bits per heavy atom. The van der Waals surface area contributed by atoms with Crippen LogP contribution in [0.5, 0.6) is 0 Å². The molecule has 0 heterocycles. The highest BCUT2D eigenvalue weighted by Gasteiger charge is 2.05. The van der Waals surface area contributed by atoms with E-state index >= 15 is 0 Å². The summed E-state index contributed by atoms with van der Waals surface area (Å²) < 4.78 is 4.67. The summed E-state index contributed by atoms with van der Waals surface area (Å²) in [6, 6.07) is 0. The summed E-state index contributed by atoms with van der Waals surface area (Å²) in [4.78, 5) is 10.1. The largest absolute Gasteiger partial charge is 0.499 e. The fraction of sp³-hybridized carbons (Fsp3) is 0.500. The summed E-state index contributed by atoms with van der Waals surface area (Å²) in [5.41, 5.74) is 0. The number of alkyl halides is 1. The third kappa shape index (κ3) is 3.35. The van der Waals surface area contributed by atoms with Crippen molar-refractivity contribution in [2.24, 2.45) is 0 Å². The molecule has 4 heteroatoms. The number of carboxylic acids is 1. The molecule has 0 aromatic carbocycles. The monoisotopic (exact) mass is 164 g/mol. The van der Waals surface area contributed by atoms with E-state index in [1.807, 2.05) is 0 Å². The Bertz CT molecular complexity index is 151. The Hall–Kier alpha value is -0.700. The smallest absolute Gasteiger partial charge is 0.331 e. The quantitative estimate of drug-likeness (QED) is 0.388. The molecule has 10 heavy (non-hydrogen) atoms. The highest BCUT2D eigenvalue weighted by Crippen LogP contribution is 2.08. The van der Waals surface area contributed by atoms with Crippen LogP contribution in [0.25, 0.3) is 0 Å². The minimum atomic E-state index is -1.05. The molecule has 1 N–H and O–H groups in total. The van der Waals surface area contributed by atoms with Gasteiger partial charge in [0.05, 0.1) is 18.6 Å². The fourth-order valence-corrected chi connectivity index (χ4v) is 0.610. The molecule has 1 atom stereocenters. The first kappa shape index (κ1) is 9.30. The topological polar surface area (TPSA) is 46.5 Å². The molecule has 0 rings (SSSR count). The van der Waals surface area contributed by atoms with E-state index in [4.69, 9.17) is 16.7 Å². The number of hydrogen-bond donors (Lipinski definition) is 1. The zero-order chi connectivity index (χ0) is 8.15. The molecular formula is C6H9ClO3. The predicted octanol–water partition coefficient (Wildman–Crippen LogP) is 1.23. The van der Waals surface area contributed by atoms with Crippen molar-refractivity contribution in [1.29, 1.82) is 0 Å². The van der Waals surface area contributed by atoms with Crippen LogP contribution in [-0.4, -0.2) is 23.6 Å². The average Bonchev–Trinajstić information content (AvgIpc) is 1.81. The van der Waals surface area contributed by atoms with Gasteiger partial charge in [0.15, 0.2) is 0 Å². The maximum atomic E-state index is 10.1. The Labute approximate surface area is 64.2 Å². The maximum Gasteiger partial charge on any atom is 0.331 e. The maximum absolute atomic E-state index is 10.1. The molecular weight excluding hydrogens is 156 g/mol. The van der Waals surface area contributed by atoms with Gasteiger partial charge in [0.25, 0.3) is 0 Å². The minimum Gasteiger partial charge on any atom is -0.499 e. The van der Waals surface area contributed by atoms with Crippen molar-refractivity contribution in [3.63, 3.8) is 0 Å². The molecule has 3 nitrogen and oxygen atoms in total. The molecule has 0 radical (unpaired) electrons. The van der Waals surface area contributed by atoms with Crippen molar-refractivity contribution in [3.05, 3.63) is 11.8 Å². The third-order valence-corrected chi connectivity index (χ3v) is 1.11. The standard InChI is InChI=1S/C6H9ClO3/c1-4(7)5(10-2)3-6(8)9/h3-4H,1-2H3,(H,8,9)/b5-3-. The molecule has 0 aliphatic carbocycles. The van der Waals surface area contributed by atoms with Gasteiger partial charge in [-0.05, 0) is 6.92 Å². The van der Waals surface area contributed by atoms with Gasteiger partial charge in [0.1, 0.15) is 5.76 Å². The zero-order valence-corrected chi connectivity index (χ0v) is 6.55. The molecule has 0 spiro atoms. The molecule has 0 fully saturated rings. The van der Waals surface area contributed by atoms with Gasteiger partial charge in [0.2, 0.25) is 0 Å². The van der Waals surface area contributed by atoms with Gasteiger partial charge in [-0.15, -0.1) is 11.6 Å². The second-order valence-electron chi connectivity index (χ2n) is 1.71. The van der Waals surface area contributed by atoms with E-state index in [2.05, 4.69) is 4.74 Å². The van der Waals surface area contributed by atoms with E-state index in [0.29, 0.717) is 0 Å². The van der Waals surface area contributed by atoms with Crippen LogP contribution in [0.3, 0.4) is 0 Å². The van der Waals surface area contributed by atoms with Crippen LogP contribution < -0.4 is 0 Å². The van der Waals surface area contributed by atoms with Crippen molar-refractivity contribution >= 4 is 17.6 Å². The van der Waals surface area contributed by atoms with E-state index in [-0.39, 0.29) is 5.76 Å². The number of methoxy groups -OCH3 is 1. The number of carboxylic acid groups (broad SMARTS) is 1. The van der Waals surface area contributed by atoms with Gasteiger partial charge in [-0.1, -0.05) is 0 Å². The molecule has 0 bridgehead atoms. The summed E-state index contributed by atoms with van der Waals surface area (Å²) in [5, 5.41) is 7.85. The van der Waals surface area contributed by atoms with Crippen LogP contribution in [-0.2, 0) is 9.53 Å². The van der Waals surface area contributed by atoms with E-state index in [0.717, 1.165) is 6.08 Å². The van der Waals surface area contributed by atoms with Gasteiger partial charge in [0, 0.05) is 0 Å².